The molecule has 2 aromatic rings. The van der Waals surface area contributed by atoms with E-state index in [1.807, 2.05) is 0 Å². The van der Waals surface area contributed by atoms with Crippen LogP contribution in [0.15, 0.2) is 47.1 Å². The molecule has 0 unspecified atom stereocenters. The van der Waals surface area contributed by atoms with Crippen molar-refractivity contribution < 1.29 is 32.7 Å². The summed E-state index contributed by atoms with van der Waals surface area (Å²) >= 11 is 0. The van der Waals surface area contributed by atoms with Crippen LogP contribution in [0.4, 0.5) is 10.1 Å². The molecule has 1 aromatic heterocycles. The van der Waals surface area contributed by atoms with Crippen LogP contribution in [0.5, 0.6) is 0 Å². The second kappa shape index (κ2) is 10.0. The van der Waals surface area contributed by atoms with E-state index in [2.05, 4.69) is 5.32 Å². The third kappa shape index (κ3) is 6.45. The number of nitrogens with zero attached hydrogens (tertiary/aromatic N) is 1. The molecule has 2 rings (SSSR count). The molecule has 9 nitrogen and oxygen atoms in total. The summed E-state index contributed by atoms with van der Waals surface area (Å²) < 4.78 is 23.0. The van der Waals surface area contributed by atoms with Crippen molar-refractivity contribution in [2.75, 3.05) is 18.1 Å². The van der Waals surface area contributed by atoms with Crippen molar-refractivity contribution in [2.24, 2.45) is 5.73 Å². The van der Waals surface area contributed by atoms with Gasteiger partial charge in [0.1, 0.15) is 11.9 Å². The molecule has 0 saturated carbocycles. The fraction of sp³-hybridized carbons (Fsp3) is 0.263. The summed E-state index contributed by atoms with van der Waals surface area (Å²) in [5.41, 5.74) is 5.43. The van der Waals surface area contributed by atoms with Gasteiger partial charge in [-0.2, -0.15) is 0 Å². The Morgan fingerprint density at radius 1 is 1.21 bits per heavy atom. The summed E-state index contributed by atoms with van der Waals surface area (Å²) in [4.78, 5) is 48.6. The molecule has 3 N–H and O–H groups in total. The molecule has 1 heterocycles. The molecule has 1 atom stereocenters. The molecule has 0 radical (unpaired) electrons. The van der Waals surface area contributed by atoms with E-state index in [-0.39, 0.29) is 18.7 Å². The van der Waals surface area contributed by atoms with Crippen LogP contribution >= 0.6 is 0 Å². The van der Waals surface area contributed by atoms with Crippen molar-refractivity contribution in [2.45, 2.75) is 19.4 Å². The maximum absolute atomic E-state index is 13.1. The third-order valence-electron chi connectivity index (χ3n) is 3.81. The molecule has 0 saturated heterocycles. The lowest BCUT2D eigenvalue weighted by molar-refractivity contribution is -0.149. The number of nitrogens with one attached hydrogen (secondary N) is 1. The summed E-state index contributed by atoms with van der Waals surface area (Å²) in [6, 6.07) is 6.91. The lowest BCUT2D eigenvalue weighted by Crippen LogP contribution is -2.42. The number of nitrogens with two attached hydrogens (primary N) is 1. The molecule has 0 fully saturated rings. The minimum Gasteiger partial charge on any atom is -0.459 e. The summed E-state index contributed by atoms with van der Waals surface area (Å²) in [5, 5.41) is 2.38. The lowest BCUT2D eigenvalue weighted by atomic mass is 10.2. The van der Waals surface area contributed by atoms with Crippen molar-refractivity contribution in [3.05, 3.63) is 54.2 Å². The molecule has 0 aliphatic rings. The molecule has 1 aromatic carbocycles. The minimum absolute atomic E-state index is 0.0228. The van der Waals surface area contributed by atoms with Crippen LogP contribution in [-0.2, 0) is 19.1 Å². The highest BCUT2D eigenvalue weighted by atomic mass is 19.1. The van der Waals surface area contributed by atoms with Crippen LogP contribution in [0, 0.1) is 5.82 Å². The molecule has 10 heteroatoms. The highest BCUT2D eigenvalue weighted by Gasteiger charge is 2.23. The summed E-state index contributed by atoms with van der Waals surface area (Å²) in [7, 11) is 0. The van der Waals surface area contributed by atoms with E-state index < -0.39 is 42.2 Å². The highest BCUT2D eigenvalue weighted by molar-refractivity contribution is 5.97. The fourth-order valence-electron chi connectivity index (χ4n) is 2.31. The van der Waals surface area contributed by atoms with Crippen molar-refractivity contribution in [3.8, 4) is 0 Å². The summed E-state index contributed by atoms with van der Waals surface area (Å²) in [5.74, 6) is -3.20. The number of hydrogen-bond acceptors (Lipinski definition) is 6. The number of rotatable bonds is 9. The van der Waals surface area contributed by atoms with Crippen LogP contribution in [-0.4, -0.2) is 42.9 Å². The first kappa shape index (κ1) is 21.6. The molecular formula is C19H20FN3O6. The minimum atomic E-state index is -1.04. The van der Waals surface area contributed by atoms with Crippen molar-refractivity contribution >= 4 is 29.4 Å². The zero-order valence-corrected chi connectivity index (χ0v) is 15.6. The number of ether oxygens (including phenoxy) is 1. The molecule has 154 valence electrons. The topological polar surface area (TPSA) is 132 Å². The van der Waals surface area contributed by atoms with Crippen LogP contribution in [0.3, 0.4) is 0 Å². The number of hydrogen-bond donors (Lipinski definition) is 2. The zero-order valence-electron chi connectivity index (χ0n) is 15.6. The highest BCUT2D eigenvalue weighted by Crippen LogP contribution is 2.16. The van der Waals surface area contributed by atoms with Gasteiger partial charge in [0, 0.05) is 18.7 Å². The van der Waals surface area contributed by atoms with Gasteiger partial charge in [0.05, 0.1) is 6.26 Å². The molecular weight excluding hydrogens is 385 g/mol. The molecule has 0 aliphatic carbocycles. The number of anilines is 1. The fourth-order valence-corrected chi connectivity index (χ4v) is 2.31. The van der Waals surface area contributed by atoms with Crippen LogP contribution in [0.1, 0.15) is 23.9 Å². The Morgan fingerprint density at radius 3 is 2.48 bits per heavy atom. The summed E-state index contributed by atoms with van der Waals surface area (Å²) in [6.07, 6.45) is 1.18. The second-order valence-electron chi connectivity index (χ2n) is 6.02. The first-order chi connectivity index (χ1) is 13.8. The lowest BCUT2D eigenvalue weighted by Gasteiger charge is -2.22. The smallest absolute Gasteiger partial charge is 0.328 e. The van der Waals surface area contributed by atoms with E-state index in [1.54, 1.807) is 0 Å². The van der Waals surface area contributed by atoms with Crippen LogP contribution < -0.4 is 16.0 Å². The monoisotopic (exact) mass is 405 g/mol. The number of carbonyl (C=O) groups is 4. The maximum Gasteiger partial charge on any atom is 0.328 e. The summed E-state index contributed by atoms with van der Waals surface area (Å²) in [6.45, 7) is 0.677. The Balaban J connectivity index is 1.95. The number of furan rings is 1. The van der Waals surface area contributed by atoms with E-state index in [9.17, 15) is 23.6 Å². The number of amides is 3. The van der Waals surface area contributed by atoms with Gasteiger partial charge in [-0.3, -0.25) is 14.4 Å². The predicted molar refractivity (Wildman–Crippen MR) is 99.2 cm³/mol. The number of primary amides is 1. The Morgan fingerprint density at radius 2 is 1.90 bits per heavy atom. The van der Waals surface area contributed by atoms with Crippen molar-refractivity contribution in [1.82, 2.24) is 5.32 Å². The Kier molecular flexibility index (Phi) is 7.47. The zero-order chi connectivity index (χ0) is 21.4. The van der Waals surface area contributed by atoms with Gasteiger partial charge in [0.2, 0.25) is 5.91 Å². The molecule has 0 bridgehead atoms. The predicted octanol–water partition coefficient (Wildman–Crippen LogP) is 0.989. The molecule has 3 amide bonds. The van der Waals surface area contributed by atoms with E-state index in [1.165, 1.54) is 37.5 Å². The first-order valence-electron chi connectivity index (χ1n) is 8.63. The first-order valence-corrected chi connectivity index (χ1v) is 8.63. The van der Waals surface area contributed by atoms with Crippen molar-refractivity contribution in [3.63, 3.8) is 0 Å². The maximum atomic E-state index is 13.1. The second-order valence-corrected chi connectivity index (χ2v) is 6.02. The molecule has 0 spiro atoms. The van der Waals surface area contributed by atoms with E-state index in [0.29, 0.717) is 5.69 Å². The van der Waals surface area contributed by atoms with Gasteiger partial charge in [-0.25, -0.2) is 9.18 Å². The standard InChI is InChI=1S/C19H20FN3O6/c1-12(22-18(26)15-3-2-10-28-15)19(27)29-11-17(25)23(9-8-16(21)24)14-6-4-13(20)5-7-14/h2-7,10,12H,8-9,11H2,1H3,(H2,21,24)(H,22,26)/t12-/m0/s1. The third-order valence-corrected chi connectivity index (χ3v) is 3.81. The largest absolute Gasteiger partial charge is 0.459 e. The molecule has 29 heavy (non-hydrogen) atoms. The number of benzene rings is 1. The number of carbonyl (C=O) groups excluding carboxylic acids is 4. The normalized spacial score (nSPS) is 11.4. The Bertz CT molecular complexity index is 867. The SMILES string of the molecule is C[C@H](NC(=O)c1ccco1)C(=O)OCC(=O)N(CCC(N)=O)c1ccc(F)cc1. The van der Waals surface area contributed by atoms with Gasteiger partial charge in [-0.15, -0.1) is 0 Å². The number of halogens is 1. The van der Waals surface area contributed by atoms with Crippen LogP contribution in [0.2, 0.25) is 0 Å². The average molecular weight is 405 g/mol. The molecule has 0 aliphatic heterocycles. The Hall–Kier alpha value is -3.69. The van der Waals surface area contributed by atoms with Gasteiger partial charge in [-0.1, -0.05) is 0 Å². The van der Waals surface area contributed by atoms with Gasteiger partial charge in [-0.05, 0) is 43.3 Å². The van der Waals surface area contributed by atoms with Gasteiger partial charge >= 0.3 is 5.97 Å². The van der Waals surface area contributed by atoms with Gasteiger partial charge in [0.15, 0.2) is 12.4 Å². The van der Waals surface area contributed by atoms with Gasteiger partial charge < -0.3 is 25.1 Å². The Labute approximate surface area is 165 Å². The van der Waals surface area contributed by atoms with Crippen LogP contribution in [0.25, 0.3) is 0 Å². The average Bonchev–Trinajstić information content (AvgIpc) is 3.22. The van der Waals surface area contributed by atoms with E-state index >= 15 is 0 Å². The van der Waals surface area contributed by atoms with Gasteiger partial charge in [0.25, 0.3) is 11.8 Å². The van der Waals surface area contributed by atoms with Crippen molar-refractivity contribution in [1.29, 1.82) is 0 Å². The number of esters is 1. The quantitative estimate of drug-likeness (QED) is 0.598. The van der Waals surface area contributed by atoms with E-state index in [0.717, 1.165) is 17.0 Å². The van der Waals surface area contributed by atoms with E-state index in [4.69, 9.17) is 14.9 Å².